The molecule has 0 spiro atoms. The van der Waals surface area contributed by atoms with Crippen LogP contribution in [0.5, 0.6) is 0 Å². The van der Waals surface area contributed by atoms with Gasteiger partial charge >= 0.3 is 5.97 Å². The van der Waals surface area contributed by atoms with Gasteiger partial charge in [0.25, 0.3) is 5.91 Å². The van der Waals surface area contributed by atoms with Crippen LogP contribution in [0.2, 0.25) is 5.02 Å². The molecular formula is C19H17ClF2N2O3. The smallest absolute Gasteiger partial charge is 0.337 e. The Labute approximate surface area is 160 Å². The molecule has 0 aromatic heterocycles. The Kier molecular flexibility index (Phi) is 5.60. The molecule has 0 radical (unpaired) electrons. The number of methoxy groups -OCH3 is 1. The van der Waals surface area contributed by atoms with E-state index in [-0.39, 0.29) is 11.5 Å². The average Bonchev–Trinajstić information content (AvgIpc) is 2.69. The van der Waals surface area contributed by atoms with Crippen molar-refractivity contribution in [1.82, 2.24) is 4.90 Å². The SMILES string of the molecule is COC(=O)c1ccc(Cl)c(N2CCN(C(=O)c3ccc(F)c(F)c3)CC2)c1. The number of amides is 1. The first-order valence-electron chi connectivity index (χ1n) is 8.28. The second-order valence-electron chi connectivity index (χ2n) is 6.07. The van der Waals surface area contributed by atoms with Gasteiger partial charge in [0.05, 0.1) is 23.4 Å². The molecule has 3 rings (SSSR count). The topological polar surface area (TPSA) is 49.9 Å². The number of carbonyl (C=O) groups is 2. The molecule has 1 saturated heterocycles. The van der Waals surface area contributed by atoms with E-state index in [1.165, 1.54) is 13.2 Å². The number of ether oxygens (including phenoxy) is 1. The fourth-order valence-corrected chi connectivity index (χ4v) is 3.20. The molecule has 2 aromatic rings. The van der Waals surface area contributed by atoms with Gasteiger partial charge in [-0.05, 0) is 36.4 Å². The van der Waals surface area contributed by atoms with Crippen LogP contribution in [0.4, 0.5) is 14.5 Å². The molecule has 0 saturated carbocycles. The Morgan fingerprint density at radius 3 is 2.26 bits per heavy atom. The zero-order chi connectivity index (χ0) is 19.6. The molecule has 1 fully saturated rings. The lowest BCUT2D eigenvalue weighted by Crippen LogP contribution is -2.49. The lowest BCUT2D eigenvalue weighted by atomic mass is 10.1. The highest BCUT2D eigenvalue weighted by Crippen LogP contribution is 2.28. The summed E-state index contributed by atoms with van der Waals surface area (Å²) in [5.41, 5.74) is 1.17. The molecule has 0 N–H and O–H groups in total. The minimum atomic E-state index is -1.05. The highest BCUT2D eigenvalue weighted by atomic mass is 35.5. The minimum absolute atomic E-state index is 0.105. The van der Waals surface area contributed by atoms with Crippen molar-refractivity contribution in [3.63, 3.8) is 0 Å². The molecule has 0 bridgehead atoms. The standard InChI is InChI=1S/C19H17ClF2N2O3/c1-27-19(26)13-2-4-14(20)17(11-13)23-6-8-24(9-7-23)18(25)12-3-5-15(21)16(22)10-12/h2-5,10-11H,6-9H2,1H3. The fraction of sp³-hybridized carbons (Fsp3) is 0.263. The van der Waals surface area contributed by atoms with Gasteiger partial charge < -0.3 is 14.5 Å². The van der Waals surface area contributed by atoms with Gasteiger partial charge in [0.2, 0.25) is 0 Å². The summed E-state index contributed by atoms with van der Waals surface area (Å²) in [6.45, 7) is 1.74. The third kappa shape index (κ3) is 4.03. The van der Waals surface area contributed by atoms with Gasteiger partial charge in [0.15, 0.2) is 11.6 Å². The number of piperazine rings is 1. The molecule has 8 heteroatoms. The second kappa shape index (κ2) is 7.92. The number of carbonyl (C=O) groups excluding carboxylic acids is 2. The van der Waals surface area contributed by atoms with Crippen LogP contribution in [0.3, 0.4) is 0 Å². The number of halogens is 3. The van der Waals surface area contributed by atoms with Gasteiger partial charge in [-0.2, -0.15) is 0 Å². The number of rotatable bonds is 3. The third-order valence-electron chi connectivity index (χ3n) is 4.44. The summed E-state index contributed by atoms with van der Waals surface area (Å²) in [6, 6.07) is 7.98. The lowest BCUT2D eigenvalue weighted by Gasteiger charge is -2.36. The van der Waals surface area contributed by atoms with Crippen LogP contribution in [0.25, 0.3) is 0 Å². The molecule has 1 aliphatic rings. The van der Waals surface area contributed by atoms with E-state index >= 15 is 0 Å². The Bertz CT molecular complexity index is 883. The van der Waals surface area contributed by atoms with E-state index in [9.17, 15) is 18.4 Å². The van der Waals surface area contributed by atoms with E-state index in [2.05, 4.69) is 0 Å². The van der Waals surface area contributed by atoms with Crippen LogP contribution in [0, 0.1) is 11.6 Å². The number of benzene rings is 2. The van der Waals surface area contributed by atoms with Crippen molar-refractivity contribution < 1.29 is 23.1 Å². The summed E-state index contributed by atoms with van der Waals surface area (Å²) < 4.78 is 31.1. The van der Waals surface area contributed by atoms with E-state index in [1.54, 1.807) is 23.1 Å². The van der Waals surface area contributed by atoms with Gasteiger partial charge in [-0.3, -0.25) is 4.79 Å². The van der Waals surface area contributed by atoms with Crippen molar-refractivity contribution >= 4 is 29.2 Å². The Morgan fingerprint density at radius 2 is 1.63 bits per heavy atom. The summed E-state index contributed by atoms with van der Waals surface area (Å²) in [5.74, 6) is -2.86. The molecule has 1 amide bonds. The number of anilines is 1. The van der Waals surface area contributed by atoms with Gasteiger partial charge in [0.1, 0.15) is 0 Å². The molecule has 0 unspecified atom stereocenters. The summed E-state index contributed by atoms with van der Waals surface area (Å²) in [5, 5.41) is 0.489. The monoisotopic (exact) mass is 394 g/mol. The molecule has 142 valence electrons. The summed E-state index contributed by atoms with van der Waals surface area (Å²) in [4.78, 5) is 27.7. The van der Waals surface area contributed by atoms with Gasteiger partial charge in [-0.25, -0.2) is 13.6 Å². The maximum atomic E-state index is 13.4. The van der Waals surface area contributed by atoms with Crippen LogP contribution < -0.4 is 4.90 Å². The van der Waals surface area contributed by atoms with E-state index in [1.807, 2.05) is 4.90 Å². The van der Waals surface area contributed by atoms with Crippen molar-refractivity contribution in [2.75, 3.05) is 38.2 Å². The Morgan fingerprint density at radius 1 is 0.963 bits per heavy atom. The van der Waals surface area contributed by atoms with E-state index in [0.29, 0.717) is 42.5 Å². The van der Waals surface area contributed by atoms with Crippen LogP contribution in [-0.4, -0.2) is 50.1 Å². The minimum Gasteiger partial charge on any atom is -0.465 e. The predicted octanol–water partition coefficient (Wildman–Crippen LogP) is 3.37. The predicted molar refractivity (Wildman–Crippen MR) is 97.3 cm³/mol. The summed E-state index contributed by atoms with van der Waals surface area (Å²) >= 11 is 6.25. The average molecular weight is 395 g/mol. The van der Waals surface area contributed by atoms with Crippen LogP contribution in [-0.2, 0) is 4.74 Å². The van der Waals surface area contributed by atoms with Crippen molar-refractivity contribution in [2.24, 2.45) is 0 Å². The summed E-state index contributed by atoms with van der Waals surface area (Å²) in [6.07, 6.45) is 0. The largest absolute Gasteiger partial charge is 0.465 e. The number of esters is 1. The third-order valence-corrected chi connectivity index (χ3v) is 4.76. The summed E-state index contributed by atoms with van der Waals surface area (Å²) in [7, 11) is 1.30. The Hall–Kier alpha value is -2.67. The van der Waals surface area contributed by atoms with Crippen molar-refractivity contribution in [1.29, 1.82) is 0 Å². The molecule has 2 aromatic carbocycles. The molecule has 1 aliphatic heterocycles. The molecule has 5 nitrogen and oxygen atoms in total. The van der Waals surface area contributed by atoms with Crippen molar-refractivity contribution in [3.05, 3.63) is 64.2 Å². The van der Waals surface area contributed by atoms with Crippen LogP contribution in [0.15, 0.2) is 36.4 Å². The molecule has 0 atom stereocenters. The molecule has 1 heterocycles. The van der Waals surface area contributed by atoms with Gasteiger partial charge in [-0.15, -0.1) is 0 Å². The van der Waals surface area contributed by atoms with Gasteiger partial charge in [0, 0.05) is 31.7 Å². The fourth-order valence-electron chi connectivity index (χ4n) is 2.96. The first-order valence-corrected chi connectivity index (χ1v) is 8.65. The first-order chi connectivity index (χ1) is 12.9. The van der Waals surface area contributed by atoms with E-state index in [0.717, 1.165) is 12.1 Å². The quantitative estimate of drug-likeness (QED) is 0.749. The zero-order valence-corrected chi connectivity index (χ0v) is 15.3. The maximum Gasteiger partial charge on any atom is 0.337 e. The van der Waals surface area contributed by atoms with E-state index in [4.69, 9.17) is 16.3 Å². The second-order valence-corrected chi connectivity index (χ2v) is 6.47. The lowest BCUT2D eigenvalue weighted by molar-refractivity contribution is 0.0600. The zero-order valence-electron chi connectivity index (χ0n) is 14.5. The normalized spacial score (nSPS) is 14.2. The van der Waals surface area contributed by atoms with Crippen LogP contribution in [0.1, 0.15) is 20.7 Å². The highest BCUT2D eigenvalue weighted by molar-refractivity contribution is 6.33. The van der Waals surface area contributed by atoms with Crippen molar-refractivity contribution in [3.8, 4) is 0 Å². The maximum absolute atomic E-state index is 13.4. The number of nitrogens with zero attached hydrogens (tertiary/aromatic N) is 2. The first kappa shape index (κ1) is 19.1. The molecule has 0 aliphatic carbocycles. The van der Waals surface area contributed by atoms with Crippen LogP contribution >= 0.6 is 11.6 Å². The Balaban J connectivity index is 1.71. The molecule has 27 heavy (non-hydrogen) atoms. The number of hydrogen-bond donors (Lipinski definition) is 0. The van der Waals surface area contributed by atoms with Crippen molar-refractivity contribution in [2.45, 2.75) is 0 Å². The van der Waals surface area contributed by atoms with E-state index < -0.39 is 17.6 Å². The highest BCUT2D eigenvalue weighted by Gasteiger charge is 2.24. The number of hydrogen-bond acceptors (Lipinski definition) is 4. The molecular weight excluding hydrogens is 378 g/mol. The van der Waals surface area contributed by atoms with Gasteiger partial charge in [-0.1, -0.05) is 11.6 Å².